The Labute approximate surface area is 76.6 Å². The number of nitrogens with one attached hydrogen (secondary N) is 1. The van der Waals surface area contributed by atoms with Crippen LogP contribution in [0.15, 0.2) is 19.2 Å². The Morgan fingerprint density at radius 3 is 2.92 bits per heavy atom. The van der Waals surface area contributed by atoms with E-state index in [1.165, 1.54) is 0 Å². The number of allylic oxidation sites excluding steroid dienone is 1. The molecule has 0 radical (unpaired) electrons. The van der Waals surface area contributed by atoms with Gasteiger partial charge in [0.25, 0.3) is 0 Å². The normalized spacial score (nSPS) is 9.23. The molecule has 1 heterocycles. The molecule has 13 heavy (non-hydrogen) atoms. The second-order valence-electron chi connectivity index (χ2n) is 2.58. The van der Waals surface area contributed by atoms with E-state index in [0.29, 0.717) is 17.0 Å². The van der Waals surface area contributed by atoms with Crippen LogP contribution in [0.2, 0.25) is 0 Å². The molecule has 1 aromatic heterocycles. The molecule has 0 fully saturated rings. The Bertz CT molecular complexity index is 382. The zero-order chi connectivity index (χ0) is 9.84. The molecular formula is C10H10N2O. The summed E-state index contributed by atoms with van der Waals surface area (Å²) < 4.78 is 0. The summed E-state index contributed by atoms with van der Waals surface area (Å²) in [7, 11) is 0. The maximum absolute atomic E-state index is 8.85. The number of aliphatic hydroxyl groups is 1. The Balaban J connectivity index is 3.20. The number of H-pyrrole nitrogens is 1. The monoisotopic (exact) mass is 174 g/mol. The van der Waals surface area contributed by atoms with Gasteiger partial charge in [-0.1, -0.05) is 19.2 Å². The smallest absolute Gasteiger partial charge is 0.101 e. The molecular weight excluding hydrogens is 164 g/mol. The van der Waals surface area contributed by atoms with Gasteiger partial charge in [-0.05, 0) is 6.07 Å². The van der Waals surface area contributed by atoms with E-state index in [0.717, 1.165) is 5.56 Å². The van der Waals surface area contributed by atoms with Crippen molar-refractivity contribution >= 4 is 11.6 Å². The Morgan fingerprint density at radius 2 is 2.46 bits per heavy atom. The zero-order valence-corrected chi connectivity index (χ0v) is 7.17. The molecule has 0 aliphatic carbocycles. The van der Waals surface area contributed by atoms with Crippen molar-refractivity contribution in [1.29, 1.82) is 5.26 Å². The van der Waals surface area contributed by atoms with Crippen LogP contribution in [0.5, 0.6) is 0 Å². The number of aromatic nitrogens is 1. The first-order valence-corrected chi connectivity index (χ1v) is 3.77. The quantitative estimate of drug-likeness (QED) is 0.685. The van der Waals surface area contributed by atoms with Crippen LogP contribution in [0.25, 0.3) is 11.6 Å². The highest BCUT2D eigenvalue weighted by atomic mass is 16.3. The van der Waals surface area contributed by atoms with Gasteiger partial charge in [-0.3, -0.25) is 0 Å². The number of hydrogen-bond acceptors (Lipinski definition) is 2. The van der Waals surface area contributed by atoms with Crippen molar-refractivity contribution in [2.24, 2.45) is 0 Å². The molecule has 0 aliphatic heterocycles. The van der Waals surface area contributed by atoms with Gasteiger partial charge in [-0.15, -0.1) is 0 Å². The third-order valence-electron chi connectivity index (χ3n) is 1.73. The molecule has 66 valence electrons. The van der Waals surface area contributed by atoms with Crippen LogP contribution in [0.1, 0.15) is 17.0 Å². The van der Waals surface area contributed by atoms with E-state index in [1.54, 1.807) is 12.1 Å². The second kappa shape index (κ2) is 3.74. The van der Waals surface area contributed by atoms with Crippen LogP contribution in [-0.4, -0.2) is 10.1 Å². The number of aromatic amines is 1. The minimum atomic E-state index is -0.0838. The minimum Gasteiger partial charge on any atom is -0.390 e. The molecule has 0 aromatic carbocycles. The fourth-order valence-electron chi connectivity index (χ4n) is 1.08. The molecule has 0 saturated heterocycles. The van der Waals surface area contributed by atoms with Gasteiger partial charge >= 0.3 is 0 Å². The van der Waals surface area contributed by atoms with Gasteiger partial charge in [0.15, 0.2) is 0 Å². The van der Waals surface area contributed by atoms with Crippen LogP contribution < -0.4 is 0 Å². The van der Waals surface area contributed by atoms with Gasteiger partial charge in [0, 0.05) is 11.3 Å². The van der Waals surface area contributed by atoms with Crippen molar-refractivity contribution in [2.75, 3.05) is 0 Å². The van der Waals surface area contributed by atoms with E-state index in [-0.39, 0.29) is 6.61 Å². The first kappa shape index (κ1) is 9.30. The van der Waals surface area contributed by atoms with E-state index in [2.05, 4.69) is 18.1 Å². The molecule has 1 rings (SSSR count). The molecule has 0 spiro atoms. The highest BCUT2D eigenvalue weighted by Crippen LogP contribution is 2.18. The summed E-state index contributed by atoms with van der Waals surface area (Å²) in [5, 5.41) is 17.5. The summed E-state index contributed by atoms with van der Waals surface area (Å²) in [6, 6.07) is 3.68. The lowest BCUT2D eigenvalue weighted by atomic mass is 10.1. The molecule has 3 nitrogen and oxygen atoms in total. The lowest BCUT2D eigenvalue weighted by molar-refractivity contribution is 0.277. The SMILES string of the molecule is C=Cc1cc(CO)[nH]c1C(=C)C#N. The van der Waals surface area contributed by atoms with E-state index < -0.39 is 0 Å². The molecule has 3 heteroatoms. The maximum atomic E-state index is 8.85. The number of nitrogens with zero attached hydrogens (tertiary/aromatic N) is 1. The summed E-state index contributed by atoms with van der Waals surface area (Å²) in [5.41, 5.74) is 2.41. The first-order valence-electron chi connectivity index (χ1n) is 3.77. The highest BCUT2D eigenvalue weighted by Gasteiger charge is 2.07. The number of aliphatic hydroxyl groups excluding tert-OH is 1. The van der Waals surface area contributed by atoms with Gasteiger partial charge < -0.3 is 10.1 Å². The topological polar surface area (TPSA) is 59.8 Å². The molecule has 0 aliphatic rings. The maximum Gasteiger partial charge on any atom is 0.101 e. The van der Waals surface area contributed by atoms with Crippen LogP contribution in [-0.2, 0) is 6.61 Å². The van der Waals surface area contributed by atoms with Crippen molar-refractivity contribution in [2.45, 2.75) is 6.61 Å². The predicted octanol–water partition coefficient (Wildman–Crippen LogP) is 1.69. The standard InChI is InChI=1S/C10H10N2O/c1-3-8-4-9(6-13)12-10(8)7(2)5-11/h3-4,12-13H,1-2,6H2. The predicted molar refractivity (Wildman–Crippen MR) is 51.5 cm³/mol. The van der Waals surface area contributed by atoms with Gasteiger partial charge in [-0.2, -0.15) is 5.26 Å². The molecule has 0 atom stereocenters. The lowest BCUT2D eigenvalue weighted by Gasteiger charge is -1.93. The summed E-state index contributed by atoms with van der Waals surface area (Å²) >= 11 is 0. The van der Waals surface area contributed by atoms with Gasteiger partial charge in [0.05, 0.1) is 17.9 Å². The van der Waals surface area contributed by atoms with Gasteiger partial charge in [0.2, 0.25) is 0 Å². The van der Waals surface area contributed by atoms with Crippen LogP contribution in [0, 0.1) is 11.3 Å². The van der Waals surface area contributed by atoms with Crippen molar-refractivity contribution in [3.63, 3.8) is 0 Å². The molecule has 1 aromatic rings. The largest absolute Gasteiger partial charge is 0.390 e. The summed E-state index contributed by atoms with van der Waals surface area (Å²) in [5.74, 6) is 0. The van der Waals surface area contributed by atoms with Crippen LogP contribution in [0.3, 0.4) is 0 Å². The highest BCUT2D eigenvalue weighted by molar-refractivity contribution is 5.78. The van der Waals surface area contributed by atoms with E-state index in [1.807, 2.05) is 6.07 Å². The fourth-order valence-corrected chi connectivity index (χ4v) is 1.08. The fraction of sp³-hybridized carbons (Fsp3) is 0.100. The third-order valence-corrected chi connectivity index (χ3v) is 1.73. The molecule has 0 bridgehead atoms. The van der Waals surface area contributed by atoms with Crippen molar-refractivity contribution in [3.8, 4) is 6.07 Å². The zero-order valence-electron chi connectivity index (χ0n) is 7.17. The second-order valence-corrected chi connectivity index (χ2v) is 2.58. The average molecular weight is 174 g/mol. The average Bonchev–Trinajstić information content (AvgIpc) is 2.59. The Hall–Kier alpha value is -1.79. The Kier molecular flexibility index (Phi) is 2.68. The van der Waals surface area contributed by atoms with E-state index in [4.69, 9.17) is 10.4 Å². The summed E-state index contributed by atoms with van der Waals surface area (Å²) in [4.78, 5) is 2.89. The number of nitriles is 1. The summed E-state index contributed by atoms with van der Waals surface area (Å²) in [6.07, 6.45) is 1.62. The van der Waals surface area contributed by atoms with Gasteiger partial charge in [-0.25, -0.2) is 0 Å². The molecule has 2 N–H and O–H groups in total. The first-order chi connectivity index (χ1) is 6.22. The number of hydrogen-bond donors (Lipinski definition) is 2. The lowest BCUT2D eigenvalue weighted by Crippen LogP contribution is -1.85. The van der Waals surface area contributed by atoms with Crippen molar-refractivity contribution < 1.29 is 5.11 Å². The van der Waals surface area contributed by atoms with Crippen molar-refractivity contribution in [3.05, 3.63) is 36.2 Å². The minimum absolute atomic E-state index is 0.0838. The van der Waals surface area contributed by atoms with Gasteiger partial charge in [0.1, 0.15) is 6.07 Å². The van der Waals surface area contributed by atoms with Crippen LogP contribution in [0.4, 0.5) is 0 Å². The third kappa shape index (κ3) is 1.68. The van der Waals surface area contributed by atoms with Crippen LogP contribution >= 0.6 is 0 Å². The molecule has 0 amide bonds. The van der Waals surface area contributed by atoms with E-state index >= 15 is 0 Å². The Morgan fingerprint density at radius 1 is 1.77 bits per heavy atom. The molecule has 0 unspecified atom stereocenters. The number of rotatable bonds is 3. The molecule has 0 saturated carbocycles. The summed E-state index contributed by atoms with van der Waals surface area (Å²) in [6.45, 7) is 7.10. The van der Waals surface area contributed by atoms with Crippen molar-refractivity contribution in [1.82, 2.24) is 4.98 Å². The van der Waals surface area contributed by atoms with E-state index in [9.17, 15) is 0 Å².